The Morgan fingerprint density at radius 3 is 2.59 bits per heavy atom. The first-order valence-corrected chi connectivity index (χ1v) is 6.88. The molecule has 0 aliphatic heterocycles. The molecule has 3 N–H and O–H groups in total. The number of hydrogen-bond acceptors (Lipinski definition) is 4. The topological polar surface area (TPSA) is 50.9 Å². The van der Waals surface area contributed by atoms with Crippen LogP contribution in [-0.4, -0.2) is 17.1 Å². The highest BCUT2D eigenvalue weighted by atomic mass is 32.1. The molecule has 1 aromatic carbocycles. The third kappa shape index (κ3) is 2.42. The van der Waals surface area contributed by atoms with Crippen LogP contribution in [0.4, 0.5) is 5.13 Å². The van der Waals surface area contributed by atoms with Gasteiger partial charge in [0.25, 0.3) is 0 Å². The van der Waals surface area contributed by atoms with Crippen LogP contribution in [0.2, 0.25) is 0 Å². The van der Waals surface area contributed by atoms with Gasteiger partial charge in [0.1, 0.15) is 0 Å². The van der Waals surface area contributed by atoms with Gasteiger partial charge in [-0.05, 0) is 25.0 Å². The van der Waals surface area contributed by atoms with E-state index < -0.39 is 0 Å². The van der Waals surface area contributed by atoms with Crippen LogP contribution in [0.1, 0.15) is 26.7 Å². The van der Waals surface area contributed by atoms with Crippen LogP contribution in [0.15, 0.2) is 24.3 Å². The number of rotatable bonds is 5. The number of nitrogens with zero attached hydrogens (tertiary/aromatic N) is 1. The van der Waals surface area contributed by atoms with Crippen molar-refractivity contribution in [1.82, 2.24) is 4.98 Å². The highest BCUT2D eigenvalue weighted by Gasteiger charge is 2.25. The van der Waals surface area contributed by atoms with Crippen molar-refractivity contribution in [2.24, 2.45) is 5.73 Å². The molecule has 3 nitrogen and oxygen atoms in total. The Bertz CT molecular complexity index is 447. The lowest BCUT2D eigenvalue weighted by Gasteiger charge is -2.31. The molecule has 0 fully saturated rings. The molecule has 17 heavy (non-hydrogen) atoms. The largest absolute Gasteiger partial charge is 0.355 e. The molecule has 0 spiro atoms. The van der Waals surface area contributed by atoms with Crippen LogP contribution in [0.3, 0.4) is 0 Å². The maximum absolute atomic E-state index is 5.89. The van der Waals surface area contributed by atoms with E-state index in [2.05, 4.69) is 30.2 Å². The van der Waals surface area contributed by atoms with Crippen LogP contribution in [0, 0.1) is 0 Å². The Hall–Kier alpha value is -1.13. The highest BCUT2D eigenvalue weighted by Crippen LogP contribution is 2.29. The summed E-state index contributed by atoms with van der Waals surface area (Å²) in [5.41, 5.74) is 6.92. The minimum atomic E-state index is -0.0200. The number of benzene rings is 1. The molecule has 92 valence electrons. The average molecular weight is 249 g/mol. The molecule has 1 heterocycles. The molecule has 1 aromatic heterocycles. The van der Waals surface area contributed by atoms with Crippen molar-refractivity contribution in [3.63, 3.8) is 0 Å². The second kappa shape index (κ2) is 5.02. The van der Waals surface area contributed by atoms with Crippen molar-refractivity contribution >= 4 is 26.7 Å². The maximum Gasteiger partial charge on any atom is 0.184 e. The molecule has 0 bridgehead atoms. The fraction of sp³-hybridized carbons (Fsp3) is 0.462. The lowest BCUT2D eigenvalue weighted by Crippen LogP contribution is -2.44. The SMILES string of the molecule is CCC(CC)(CN)Nc1nc2ccccc2s1. The number of fused-ring (bicyclic) bond motifs is 1. The summed E-state index contributed by atoms with van der Waals surface area (Å²) in [4.78, 5) is 4.59. The molecule has 0 atom stereocenters. The Balaban J connectivity index is 2.28. The predicted molar refractivity (Wildman–Crippen MR) is 75.6 cm³/mol. The number of nitrogens with one attached hydrogen (secondary N) is 1. The molecule has 0 unspecified atom stereocenters. The third-order valence-electron chi connectivity index (χ3n) is 3.41. The van der Waals surface area contributed by atoms with E-state index in [-0.39, 0.29) is 5.54 Å². The van der Waals surface area contributed by atoms with Crippen molar-refractivity contribution in [2.45, 2.75) is 32.2 Å². The minimum absolute atomic E-state index is 0.0200. The molecule has 2 rings (SSSR count). The van der Waals surface area contributed by atoms with Gasteiger partial charge in [-0.1, -0.05) is 37.3 Å². The van der Waals surface area contributed by atoms with Gasteiger partial charge < -0.3 is 11.1 Å². The van der Waals surface area contributed by atoms with Crippen molar-refractivity contribution < 1.29 is 0 Å². The van der Waals surface area contributed by atoms with Gasteiger partial charge >= 0.3 is 0 Å². The molecule has 0 radical (unpaired) electrons. The summed E-state index contributed by atoms with van der Waals surface area (Å²) < 4.78 is 1.22. The molecule has 0 saturated carbocycles. The lowest BCUT2D eigenvalue weighted by molar-refractivity contribution is 0.445. The number of hydrogen-bond donors (Lipinski definition) is 2. The van der Waals surface area contributed by atoms with Gasteiger partial charge in [0.15, 0.2) is 5.13 Å². The highest BCUT2D eigenvalue weighted by molar-refractivity contribution is 7.22. The average Bonchev–Trinajstić information content (AvgIpc) is 2.78. The monoisotopic (exact) mass is 249 g/mol. The summed E-state index contributed by atoms with van der Waals surface area (Å²) in [6.45, 7) is 4.96. The molecule has 2 aromatic rings. The smallest absolute Gasteiger partial charge is 0.184 e. The number of anilines is 1. The molecule has 0 aliphatic rings. The van der Waals surface area contributed by atoms with E-state index in [1.165, 1.54) is 4.70 Å². The zero-order valence-electron chi connectivity index (χ0n) is 10.4. The van der Waals surface area contributed by atoms with Crippen molar-refractivity contribution in [3.05, 3.63) is 24.3 Å². The van der Waals surface area contributed by atoms with Crippen LogP contribution in [-0.2, 0) is 0 Å². The van der Waals surface area contributed by atoms with E-state index in [0.29, 0.717) is 6.54 Å². The number of nitrogens with two attached hydrogens (primary N) is 1. The minimum Gasteiger partial charge on any atom is -0.355 e. The zero-order chi connectivity index (χ0) is 12.3. The van der Waals surface area contributed by atoms with Gasteiger partial charge in [0, 0.05) is 6.54 Å². The first-order chi connectivity index (χ1) is 8.23. The van der Waals surface area contributed by atoms with Gasteiger partial charge in [-0.15, -0.1) is 0 Å². The number of para-hydroxylation sites is 1. The van der Waals surface area contributed by atoms with Crippen molar-refractivity contribution in [3.8, 4) is 0 Å². The normalized spacial score (nSPS) is 11.9. The van der Waals surface area contributed by atoms with E-state index in [9.17, 15) is 0 Å². The Labute approximate surface area is 106 Å². The second-order valence-electron chi connectivity index (χ2n) is 4.30. The van der Waals surface area contributed by atoms with Gasteiger partial charge in [0.2, 0.25) is 0 Å². The summed E-state index contributed by atoms with van der Waals surface area (Å²) in [6.07, 6.45) is 2.02. The van der Waals surface area contributed by atoms with Gasteiger partial charge in [-0.3, -0.25) is 0 Å². The van der Waals surface area contributed by atoms with Gasteiger partial charge in [-0.2, -0.15) is 0 Å². The fourth-order valence-corrected chi connectivity index (χ4v) is 2.90. The summed E-state index contributed by atoms with van der Waals surface area (Å²) in [6, 6.07) is 8.20. The van der Waals surface area contributed by atoms with Gasteiger partial charge in [0.05, 0.1) is 15.8 Å². The number of aromatic nitrogens is 1. The van der Waals surface area contributed by atoms with Gasteiger partial charge in [-0.25, -0.2) is 4.98 Å². The van der Waals surface area contributed by atoms with E-state index >= 15 is 0 Å². The summed E-state index contributed by atoms with van der Waals surface area (Å²) in [5.74, 6) is 0. The third-order valence-corrected chi connectivity index (χ3v) is 4.36. The number of thiazole rings is 1. The van der Waals surface area contributed by atoms with Crippen LogP contribution in [0.5, 0.6) is 0 Å². The molecule has 0 aliphatic carbocycles. The van der Waals surface area contributed by atoms with E-state index in [1.54, 1.807) is 11.3 Å². The molecule has 4 heteroatoms. The van der Waals surface area contributed by atoms with Crippen molar-refractivity contribution in [2.75, 3.05) is 11.9 Å². The standard InChI is InChI=1S/C13H19N3S/c1-3-13(4-2,9-14)16-12-15-10-7-5-6-8-11(10)17-12/h5-8H,3-4,9,14H2,1-2H3,(H,15,16). The second-order valence-corrected chi connectivity index (χ2v) is 5.33. The Morgan fingerprint density at radius 2 is 2.00 bits per heavy atom. The van der Waals surface area contributed by atoms with Crippen LogP contribution < -0.4 is 11.1 Å². The molecule has 0 saturated heterocycles. The zero-order valence-corrected chi connectivity index (χ0v) is 11.2. The molecule has 0 amide bonds. The summed E-state index contributed by atoms with van der Waals surface area (Å²) >= 11 is 1.69. The van der Waals surface area contributed by atoms with E-state index in [1.807, 2.05) is 18.2 Å². The van der Waals surface area contributed by atoms with E-state index in [4.69, 9.17) is 5.73 Å². The van der Waals surface area contributed by atoms with E-state index in [0.717, 1.165) is 23.5 Å². The Morgan fingerprint density at radius 1 is 1.29 bits per heavy atom. The lowest BCUT2D eigenvalue weighted by atomic mass is 9.93. The molecular formula is C13H19N3S. The van der Waals surface area contributed by atoms with Crippen LogP contribution in [0.25, 0.3) is 10.2 Å². The van der Waals surface area contributed by atoms with Crippen molar-refractivity contribution in [1.29, 1.82) is 0 Å². The first-order valence-electron chi connectivity index (χ1n) is 6.07. The van der Waals surface area contributed by atoms with Crippen LogP contribution >= 0.6 is 11.3 Å². The Kier molecular flexibility index (Phi) is 3.64. The quantitative estimate of drug-likeness (QED) is 0.855. The first kappa shape index (κ1) is 12.3. The summed E-state index contributed by atoms with van der Waals surface area (Å²) in [7, 11) is 0. The predicted octanol–water partition coefficient (Wildman–Crippen LogP) is 3.23. The summed E-state index contributed by atoms with van der Waals surface area (Å²) in [5, 5.41) is 4.49. The fourth-order valence-electron chi connectivity index (χ4n) is 1.92. The maximum atomic E-state index is 5.89. The molecular weight excluding hydrogens is 230 g/mol.